The molecule has 1 heterocycles. The van der Waals surface area contributed by atoms with Gasteiger partial charge in [0.05, 0.1) is 0 Å². The smallest absolute Gasteiger partial charge is 0.198 e. The average Bonchev–Trinajstić information content (AvgIpc) is 2.30. The molecule has 1 aromatic rings. The van der Waals surface area contributed by atoms with Crippen molar-refractivity contribution < 1.29 is 4.57 Å². The van der Waals surface area contributed by atoms with E-state index in [1.54, 1.807) is 0 Å². The van der Waals surface area contributed by atoms with Crippen molar-refractivity contribution in [3.8, 4) is 0 Å². The van der Waals surface area contributed by atoms with Crippen molar-refractivity contribution in [2.75, 3.05) is 0 Å². The van der Waals surface area contributed by atoms with Gasteiger partial charge < -0.3 is 0 Å². The Hall–Kier alpha value is -1.63. The Bertz CT molecular complexity index is 400. The van der Waals surface area contributed by atoms with Gasteiger partial charge in [0.25, 0.3) is 0 Å². The Balaban J connectivity index is 2.89. The molecule has 0 unspecified atom stereocenters. The number of aryl methyl sites for hydroxylation is 1. The lowest BCUT2D eigenvalue weighted by atomic mass is 10.1. The predicted octanol–water partition coefficient (Wildman–Crippen LogP) is 3.53. The van der Waals surface area contributed by atoms with Gasteiger partial charge in [-0.2, -0.15) is 4.57 Å². The van der Waals surface area contributed by atoms with E-state index in [2.05, 4.69) is 42.5 Å². The lowest BCUT2D eigenvalue weighted by molar-refractivity contribution is -0.699. The van der Waals surface area contributed by atoms with Crippen molar-refractivity contribution in [3.05, 3.63) is 61.0 Å². The highest BCUT2D eigenvalue weighted by atomic mass is 14.9. The summed E-state index contributed by atoms with van der Waals surface area (Å²) >= 11 is 0. The van der Waals surface area contributed by atoms with Crippen molar-refractivity contribution in [3.63, 3.8) is 0 Å². The number of nitrogens with zero attached hydrogens (tertiary/aromatic N) is 1. The lowest BCUT2D eigenvalue weighted by Crippen LogP contribution is -2.37. The zero-order valence-electron chi connectivity index (χ0n) is 10.2. The van der Waals surface area contributed by atoms with Gasteiger partial charge in [0.1, 0.15) is 6.54 Å². The van der Waals surface area contributed by atoms with Crippen LogP contribution in [-0.2, 0) is 6.54 Å². The van der Waals surface area contributed by atoms with Crippen LogP contribution in [0.5, 0.6) is 0 Å². The van der Waals surface area contributed by atoms with Crippen molar-refractivity contribution >= 4 is 5.57 Å². The van der Waals surface area contributed by atoms with Crippen LogP contribution >= 0.6 is 0 Å². The van der Waals surface area contributed by atoms with E-state index in [4.69, 9.17) is 0 Å². The molecular formula is C15H20N+. The second-order valence-electron chi connectivity index (χ2n) is 3.69. The molecule has 0 aliphatic heterocycles. The first-order valence-electron chi connectivity index (χ1n) is 5.76. The summed E-state index contributed by atoms with van der Waals surface area (Å²) in [5.41, 5.74) is 2.23. The highest BCUT2D eigenvalue weighted by Crippen LogP contribution is 2.08. The molecule has 0 atom stereocenters. The molecular weight excluding hydrogens is 194 g/mol. The monoisotopic (exact) mass is 214 g/mol. The van der Waals surface area contributed by atoms with E-state index in [1.165, 1.54) is 5.69 Å². The van der Waals surface area contributed by atoms with Gasteiger partial charge in [-0.15, -0.1) is 0 Å². The molecule has 0 spiro atoms. The molecule has 0 aromatic carbocycles. The van der Waals surface area contributed by atoms with E-state index in [0.29, 0.717) is 0 Å². The molecule has 1 nitrogen and oxygen atoms in total. The zero-order chi connectivity index (χ0) is 11.8. The Kier molecular flexibility index (Phi) is 5.27. The average molecular weight is 214 g/mol. The van der Waals surface area contributed by atoms with E-state index >= 15 is 0 Å². The number of aromatic nitrogens is 1. The Morgan fingerprint density at radius 1 is 1.38 bits per heavy atom. The van der Waals surface area contributed by atoms with Gasteiger partial charge >= 0.3 is 0 Å². The highest BCUT2D eigenvalue weighted by molar-refractivity contribution is 5.67. The molecule has 0 amide bonds. The van der Waals surface area contributed by atoms with E-state index < -0.39 is 0 Å². The van der Waals surface area contributed by atoms with Crippen molar-refractivity contribution in [2.24, 2.45) is 0 Å². The van der Waals surface area contributed by atoms with Crippen LogP contribution < -0.4 is 4.57 Å². The van der Waals surface area contributed by atoms with Crippen LogP contribution in [-0.4, -0.2) is 0 Å². The summed E-state index contributed by atoms with van der Waals surface area (Å²) in [4.78, 5) is 0. The molecule has 0 bridgehead atoms. The summed E-state index contributed by atoms with van der Waals surface area (Å²) in [6.45, 7) is 9.32. The fourth-order valence-corrected chi connectivity index (χ4v) is 1.57. The first kappa shape index (κ1) is 12.4. The normalized spacial score (nSPS) is 11.4. The summed E-state index contributed by atoms with van der Waals surface area (Å²) in [5, 5.41) is 0. The Morgan fingerprint density at radius 2 is 2.19 bits per heavy atom. The van der Waals surface area contributed by atoms with Gasteiger partial charge in [0, 0.05) is 24.1 Å². The van der Waals surface area contributed by atoms with Crippen LogP contribution in [0.15, 0.2) is 55.3 Å². The molecule has 0 N–H and O–H groups in total. The molecule has 0 aliphatic rings. The second-order valence-corrected chi connectivity index (χ2v) is 3.69. The third-order valence-electron chi connectivity index (χ3n) is 2.34. The molecule has 0 fully saturated rings. The molecule has 1 aromatic heterocycles. The lowest BCUT2D eigenvalue weighted by Gasteiger charge is -2.01. The van der Waals surface area contributed by atoms with Gasteiger partial charge in [-0.3, -0.25) is 0 Å². The number of hydrogen-bond acceptors (Lipinski definition) is 0. The fraction of sp³-hybridized carbons (Fsp3) is 0.267. The Labute approximate surface area is 98.4 Å². The zero-order valence-corrected chi connectivity index (χ0v) is 10.2. The van der Waals surface area contributed by atoms with Gasteiger partial charge in [0.15, 0.2) is 6.20 Å². The maximum atomic E-state index is 4.10. The fourth-order valence-electron chi connectivity index (χ4n) is 1.57. The molecule has 0 saturated heterocycles. The standard InChI is InChI=1S/C15H20N/c1-4-6-7-10-14(3)15-11-8-9-13-16(15)12-5-2/h4,6-11,13H,3,5,12H2,1-2H3/q+1/b6-4-,10-7-. The van der Waals surface area contributed by atoms with Gasteiger partial charge in [-0.25, -0.2) is 0 Å². The molecule has 1 heteroatoms. The minimum absolute atomic E-state index is 1.03. The largest absolute Gasteiger partial charge is 0.211 e. The van der Waals surface area contributed by atoms with Crippen LogP contribution in [0, 0.1) is 0 Å². The van der Waals surface area contributed by atoms with Crippen molar-refractivity contribution in [2.45, 2.75) is 26.8 Å². The number of hydrogen-bond donors (Lipinski definition) is 0. The maximum Gasteiger partial charge on any atom is 0.211 e. The SMILES string of the molecule is C=C(/C=C\C=C/C)c1cccc[n+]1CCC. The molecule has 16 heavy (non-hydrogen) atoms. The number of allylic oxidation sites excluding steroid dienone is 5. The quantitative estimate of drug-likeness (QED) is 0.521. The highest BCUT2D eigenvalue weighted by Gasteiger charge is 2.09. The van der Waals surface area contributed by atoms with Crippen molar-refractivity contribution in [1.82, 2.24) is 0 Å². The maximum absolute atomic E-state index is 4.10. The first-order valence-corrected chi connectivity index (χ1v) is 5.76. The van der Waals surface area contributed by atoms with E-state index in [9.17, 15) is 0 Å². The minimum Gasteiger partial charge on any atom is -0.198 e. The summed E-state index contributed by atoms with van der Waals surface area (Å²) < 4.78 is 2.24. The van der Waals surface area contributed by atoms with Crippen LogP contribution in [0.4, 0.5) is 0 Å². The molecule has 0 saturated carbocycles. The Morgan fingerprint density at radius 3 is 2.88 bits per heavy atom. The summed E-state index contributed by atoms with van der Waals surface area (Å²) in [6.07, 6.45) is 11.3. The molecule has 84 valence electrons. The van der Waals surface area contributed by atoms with E-state index in [1.807, 2.05) is 31.2 Å². The van der Waals surface area contributed by atoms with Gasteiger partial charge in [0.2, 0.25) is 5.69 Å². The van der Waals surface area contributed by atoms with Crippen LogP contribution in [0.3, 0.4) is 0 Å². The molecule has 0 aliphatic carbocycles. The van der Waals surface area contributed by atoms with Crippen LogP contribution in [0.2, 0.25) is 0 Å². The summed E-state index contributed by atoms with van der Waals surface area (Å²) in [7, 11) is 0. The third-order valence-corrected chi connectivity index (χ3v) is 2.34. The summed E-state index contributed by atoms with van der Waals surface area (Å²) in [5.74, 6) is 0. The van der Waals surface area contributed by atoms with Gasteiger partial charge in [-0.1, -0.05) is 31.7 Å². The minimum atomic E-state index is 1.03. The van der Waals surface area contributed by atoms with E-state index in [-0.39, 0.29) is 0 Å². The number of pyridine rings is 1. The molecule has 0 radical (unpaired) electrons. The second kappa shape index (κ2) is 6.78. The predicted molar refractivity (Wildman–Crippen MR) is 69.9 cm³/mol. The first-order chi connectivity index (χ1) is 7.79. The van der Waals surface area contributed by atoms with Crippen LogP contribution in [0.25, 0.3) is 5.57 Å². The van der Waals surface area contributed by atoms with Crippen LogP contribution in [0.1, 0.15) is 26.0 Å². The van der Waals surface area contributed by atoms with Gasteiger partial charge in [-0.05, 0) is 19.1 Å². The third kappa shape index (κ3) is 3.50. The number of rotatable bonds is 5. The summed E-state index contributed by atoms with van der Waals surface area (Å²) in [6, 6.07) is 6.22. The van der Waals surface area contributed by atoms with E-state index in [0.717, 1.165) is 18.5 Å². The molecule has 1 rings (SSSR count). The topological polar surface area (TPSA) is 3.88 Å². The van der Waals surface area contributed by atoms with Crippen molar-refractivity contribution in [1.29, 1.82) is 0 Å².